The van der Waals surface area contributed by atoms with E-state index >= 15 is 0 Å². The van der Waals surface area contributed by atoms with Gasteiger partial charge in [-0.2, -0.15) is 0 Å². The highest BCUT2D eigenvalue weighted by molar-refractivity contribution is 7.19. The van der Waals surface area contributed by atoms with Crippen LogP contribution in [0.2, 0.25) is 0 Å². The van der Waals surface area contributed by atoms with Crippen molar-refractivity contribution < 1.29 is 9.13 Å². The normalized spacial score (nSPS) is 14.4. The lowest BCUT2D eigenvalue weighted by atomic mass is 10.0. The van der Waals surface area contributed by atoms with Gasteiger partial charge >= 0.3 is 0 Å². The van der Waals surface area contributed by atoms with Gasteiger partial charge in [0.1, 0.15) is 27.4 Å². The van der Waals surface area contributed by atoms with Crippen LogP contribution >= 0.6 is 11.3 Å². The monoisotopic (exact) mass is 493 g/mol. The zero-order chi connectivity index (χ0) is 24.3. The van der Waals surface area contributed by atoms with Crippen molar-refractivity contribution in [3.8, 4) is 21.8 Å². The largest absolute Gasteiger partial charge is 0.378 e. The highest BCUT2D eigenvalue weighted by Crippen LogP contribution is 2.40. The topological polar surface area (TPSA) is 37.7 Å². The lowest BCUT2D eigenvalue weighted by Crippen LogP contribution is -2.41. The fraction of sp³-hybridized carbons (Fsp3) is 0.133. The van der Waals surface area contributed by atoms with Crippen LogP contribution in [0.15, 0.2) is 102 Å². The van der Waals surface area contributed by atoms with Crippen LogP contribution in [0.1, 0.15) is 5.56 Å². The molecule has 0 atom stereocenters. The van der Waals surface area contributed by atoms with Crippen LogP contribution < -0.4 is 0 Å². The Bertz CT molecular complexity index is 1520. The highest BCUT2D eigenvalue weighted by atomic mass is 32.1. The number of rotatable bonds is 4. The molecule has 0 saturated carbocycles. The molecule has 6 rings (SSSR count). The molecule has 36 heavy (non-hydrogen) atoms. The van der Waals surface area contributed by atoms with Crippen LogP contribution in [0.25, 0.3) is 32.6 Å². The van der Waals surface area contributed by atoms with Crippen molar-refractivity contribution in [2.45, 2.75) is 0 Å². The van der Waals surface area contributed by atoms with Crippen molar-refractivity contribution in [2.75, 3.05) is 26.3 Å². The minimum atomic E-state index is -0.262. The number of nitrogens with zero attached hydrogens (tertiary/aromatic N) is 3. The van der Waals surface area contributed by atoms with Gasteiger partial charge in [-0.1, -0.05) is 84.1 Å². The predicted octanol–water partition coefficient (Wildman–Crippen LogP) is 7.18. The van der Waals surface area contributed by atoms with Crippen molar-refractivity contribution in [2.24, 2.45) is 4.99 Å². The second-order valence-electron chi connectivity index (χ2n) is 8.61. The molecule has 1 saturated heterocycles. The maximum Gasteiger partial charge on any atom is 0.146 e. The Morgan fingerprint density at radius 3 is 2.33 bits per heavy atom. The minimum Gasteiger partial charge on any atom is -0.378 e. The molecule has 0 unspecified atom stereocenters. The number of fused-ring (bicyclic) bond motifs is 1. The molecule has 0 bridgehead atoms. The first kappa shape index (κ1) is 22.6. The summed E-state index contributed by atoms with van der Waals surface area (Å²) >= 11 is 1.53. The number of hydrogen-bond acceptors (Lipinski definition) is 4. The summed E-state index contributed by atoms with van der Waals surface area (Å²) in [5.41, 5.74) is 3.79. The Kier molecular flexibility index (Phi) is 6.28. The molecule has 178 valence electrons. The van der Waals surface area contributed by atoms with E-state index in [4.69, 9.17) is 14.7 Å². The first-order valence-corrected chi connectivity index (χ1v) is 12.8. The lowest BCUT2D eigenvalue weighted by Gasteiger charge is -2.30. The summed E-state index contributed by atoms with van der Waals surface area (Å²) in [4.78, 5) is 12.6. The van der Waals surface area contributed by atoms with Gasteiger partial charge in [0, 0.05) is 29.8 Å². The molecule has 1 aliphatic heterocycles. The number of hydrogen-bond donors (Lipinski definition) is 0. The third-order valence-corrected chi connectivity index (χ3v) is 7.29. The molecule has 0 radical (unpaired) electrons. The van der Waals surface area contributed by atoms with Crippen LogP contribution in [-0.4, -0.2) is 42.0 Å². The summed E-state index contributed by atoms with van der Waals surface area (Å²) in [7, 11) is 0. The van der Waals surface area contributed by atoms with Crippen molar-refractivity contribution in [1.29, 1.82) is 0 Å². The molecule has 0 amide bonds. The van der Waals surface area contributed by atoms with E-state index in [1.165, 1.54) is 28.9 Å². The molecular weight excluding hydrogens is 469 g/mol. The number of benzene rings is 4. The molecule has 0 spiro atoms. The number of thiazole rings is 1. The summed E-state index contributed by atoms with van der Waals surface area (Å²) in [6.07, 6.45) is 0. The Labute approximate surface area is 213 Å². The molecule has 6 heteroatoms. The molecule has 4 aromatic carbocycles. The van der Waals surface area contributed by atoms with Crippen LogP contribution in [0.4, 0.5) is 9.39 Å². The smallest absolute Gasteiger partial charge is 0.146 e. The summed E-state index contributed by atoms with van der Waals surface area (Å²) in [6.45, 7) is 2.87. The van der Waals surface area contributed by atoms with Crippen LogP contribution in [0.5, 0.6) is 0 Å². The van der Waals surface area contributed by atoms with E-state index < -0.39 is 0 Å². The molecule has 1 aliphatic rings. The number of aromatic nitrogens is 1. The molecular formula is C30H24FN3OS. The number of halogens is 1. The van der Waals surface area contributed by atoms with Crippen molar-refractivity contribution >= 4 is 32.9 Å². The number of ether oxygens (including phenoxy) is 1. The van der Waals surface area contributed by atoms with Gasteiger partial charge in [-0.3, -0.25) is 0 Å². The number of amidine groups is 1. The van der Waals surface area contributed by atoms with E-state index in [1.54, 1.807) is 12.1 Å². The van der Waals surface area contributed by atoms with E-state index in [0.29, 0.717) is 13.2 Å². The molecule has 2 heterocycles. The zero-order valence-corrected chi connectivity index (χ0v) is 20.4. The lowest BCUT2D eigenvalue weighted by molar-refractivity contribution is 0.0683. The van der Waals surface area contributed by atoms with Gasteiger partial charge in [0.25, 0.3) is 0 Å². The Hall–Kier alpha value is -3.87. The summed E-state index contributed by atoms with van der Waals surface area (Å²) in [6, 6.07) is 31.3. The number of aliphatic imine (C=N–C) groups is 1. The molecule has 0 N–H and O–H groups in total. The van der Waals surface area contributed by atoms with Gasteiger partial charge in [0.15, 0.2) is 0 Å². The first-order valence-electron chi connectivity index (χ1n) is 12.0. The van der Waals surface area contributed by atoms with Gasteiger partial charge in [-0.05, 0) is 35.0 Å². The molecule has 1 aromatic heterocycles. The van der Waals surface area contributed by atoms with Gasteiger partial charge < -0.3 is 9.64 Å². The zero-order valence-electron chi connectivity index (χ0n) is 19.6. The standard InChI is InChI=1S/C30H24FN3OS/c31-24-15-13-23(14-16-24)29-32-27(22-8-2-1-3-9-22)30(36-29)33-28(34-17-19-35-20-18-34)26-12-6-10-21-7-4-5-11-25(21)26/h1-16H,17-20H2/b33-28-. The number of morpholine rings is 1. The van der Waals surface area contributed by atoms with E-state index in [0.717, 1.165) is 56.7 Å². The molecule has 0 aliphatic carbocycles. The highest BCUT2D eigenvalue weighted by Gasteiger charge is 2.22. The van der Waals surface area contributed by atoms with Gasteiger partial charge in [0.05, 0.1) is 13.2 Å². The SMILES string of the molecule is Fc1ccc(-c2nc(-c3ccccc3)c(/N=C(/c3cccc4ccccc34)N3CCOCC3)s2)cc1. The molecule has 4 nitrogen and oxygen atoms in total. The summed E-state index contributed by atoms with van der Waals surface area (Å²) in [5.74, 6) is 0.656. The van der Waals surface area contributed by atoms with E-state index in [-0.39, 0.29) is 5.82 Å². The van der Waals surface area contributed by atoms with Gasteiger partial charge in [-0.15, -0.1) is 0 Å². The van der Waals surface area contributed by atoms with Crippen molar-refractivity contribution in [3.63, 3.8) is 0 Å². The van der Waals surface area contributed by atoms with Crippen molar-refractivity contribution in [1.82, 2.24) is 9.88 Å². The third kappa shape index (κ3) is 4.53. The Morgan fingerprint density at radius 2 is 1.53 bits per heavy atom. The second kappa shape index (κ2) is 10.0. The van der Waals surface area contributed by atoms with Crippen molar-refractivity contribution in [3.05, 3.63) is 108 Å². The van der Waals surface area contributed by atoms with E-state index in [9.17, 15) is 4.39 Å². The quantitative estimate of drug-likeness (QED) is 0.197. The molecule has 1 fully saturated rings. The van der Waals surface area contributed by atoms with Gasteiger partial charge in [-0.25, -0.2) is 14.4 Å². The molecule has 5 aromatic rings. The third-order valence-electron chi connectivity index (χ3n) is 6.30. The second-order valence-corrected chi connectivity index (χ2v) is 9.58. The van der Waals surface area contributed by atoms with Crippen LogP contribution in [0, 0.1) is 5.82 Å². The maximum absolute atomic E-state index is 13.6. The maximum atomic E-state index is 13.6. The van der Waals surface area contributed by atoms with E-state index in [1.807, 2.05) is 18.2 Å². The fourth-order valence-electron chi connectivity index (χ4n) is 4.48. The predicted molar refractivity (Wildman–Crippen MR) is 145 cm³/mol. The van der Waals surface area contributed by atoms with Crippen LogP contribution in [-0.2, 0) is 4.74 Å². The average Bonchev–Trinajstić information content (AvgIpc) is 3.37. The average molecular weight is 494 g/mol. The van der Waals surface area contributed by atoms with Gasteiger partial charge in [0.2, 0.25) is 0 Å². The van der Waals surface area contributed by atoms with Crippen LogP contribution in [0.3, 0.4) is 0 Å². The summed E-state index contributed by atoms with van der Waals surface area (Å²) in [5, 5.41) is 3.98. The fourth-order valence-corrected chi connectivity index (χ4v) is 5.45. The minimum absolute atomic E-state index is 0.262. The first-order chi connectivity index (χ1) is 17.8. The van der Waals surface area contributed by atoms with E-state index in [2.05, 4.69) is 59.5 Å². The Balaban J connectivity index is 1.56. The Morgan fingerprint density at radius 1 is 0.806 bits per heavy atom. The summed E-state index contributed by atoms with van der Waals surface area (Å²) < 4.78 is 19.2.